The van der Waals surface area contributed by atoms with Crippen LogP contribution in [-0.2, 0) is 4.79 Å². The molecule has 3 aromatic heterocycles. The van der Waals surface area contributed by atoms with Crippen LogP contribution in [0.4, 0.5) is 14.5 Å². The van der Waals surface area contributed by atoms with Gasteiger partial charge in [-0.05, 0) is 12.1 Å². The molecule has 1 aliphatic rings. The molecule has 154 valence electrons. The molecule has 0 unspecified atom stereocenters. The van der Waals surface area contributed by atoms with E-state index in [1.165, 1.54) is 11.0 Å². The Morgan fingerprint density at radius 3 is 2.57 bits per heavy atom. The first-order valence-electron chi connectivity index (χ1n) is 9.22. The number of H-pyrrole nitrogens is 1. The lowest BCUT2D eigenvalue weighted by Gasteiger charge is -2.35. The molecule has 1 saturated heterocycles. The second-order valence-electron chi connectivity index (χ2n) is 6.83. The summed E-state index contributed by atoms with van der Waals surface area (Å²) in [5.74, 6) is -2.90. The number of rotatable bonds is 4. The van der Waals surface area contributed by atoms with Gasteiger partial charge in [0.1, 0.15) is 11.5 Å². The Balaban J connectivity index is 1.48. The van der Waals surface area contributed by atoms with Gasteiger partial charge < -0.3 is 20.5 Å². The lowest BCUT2D eigenvalue weighted by Crippen LogP contribution is -2.49. The van der Waals surface area contributed by atoms with E-state index >= 15 is 0 Å². The number of fused-ring (bicyclic) bond motifs is 1. The maximum atomic E-state index is 13.9. The minimum absolute atomic E-state index is 0.358. The average molecular weight is 412 g/mol. The van der Waals surface area contributed by atoms with Crippen molar-refractivity contribution < 1.29 is 18.4 Å². The van der Waals surface area contributed by atoms with Crippen molar-refractivity contribution in [1.82, 2.24) is 19.9 Å². The Hall–Kier alpha value is -3.82. The molecule has 0 aliphatic carbocycles. The van der Waals surface area contributed by atoms with Crippen LogP contribution in [0, 0.1) is 11.6 Å². The van der Waals surface area contributed by atoms with Gasteiger partial charge in [0.05, 0.1) is 18.1 Å². The SMILES string of the molecule is NC(=O)/C=C/c1c[nH]c2ncc(N3CCN(C(=O)c4ncc(F)cc4F)CC3)cc12. The highest BCUT2D eigenvalue weighted by molar-refractivity contribution is 5.95. The fourth-order valence-corrected chi connectivity index (χ4v) is 3.38. The highest BCUT2D eigenvalue weighted by atomic mass is 19.1. The maximum absolute atomic E-state index is 13.9. The van der Waals surface area contributed by atoms with Gasteiger partial charge in [-0.25, -0.2) is 18.7 Å². The number of nitrogens with zero attached hydrogens (tertiary/aromatic N) is 4. The molecule has 0 bridgehead atoms. The number of primary amides is 1. The summed E-state index contributed by atoms with van der Waals surface area (Å²) >= 11 is 0. The van der Waals surface area contributed by atoms with Crippen LogP contribution >= 0.6 is 0 Å². The lowest BCUT2D eigenvalue weighted by atomic mass is 10.1. The number of nitrogens with one attached hydrogen (secondary N) is 1. The first-order valence-corrected chi connectivity index (χ1v) is 9.22. The quantitative estimate of drug-likeness (QED) is 0.634. The number of carbonyl (C=O) groups is 2. The predicted molar refractivity (Wildman–Crippen MR) is 107 cm³/mol. The monoisotopic (exact) mass is 412 g/mol. The van der Waals surface area contributed by atoms with Gasteiger partial charge in [-0.2, -0.15) is 0 Å². The summed E-state index contributed by atoms with van der Waals surface area (Å²) in [5, 5.41) is 0.834. The van der Waals surface area contributed by atoms with E-state index in [0.717, 1.165) is 22.8 Å². The molecule has 4 heterocycles. The molecule has 3 aromatic rings. The maximum Gasteiger partial charge on any atom is 0.275 e. The second kappa shape index (κ2) is 7.90. The highest BCUT2D eigenvalue weighted by Gasteiger charge is 2.26. The third-order valence-electron chi connectivity index (χ3n) is 4.92. The zero-order valence-electron chi connectivity index (χ0n) is 15.8. The number of aromatic nitrogens is 3. The number of carbonyl (C=O) groups excluding carboxylic acids is 2. The van der Waals surface area contributed by atoms with Crippen molar-refractivity contribution in [2.24, 2.45) is 5.73 Å². The Kier molecular flexibility index (Phi) is 5.13. The van der Waals surface area contributed by atoms with Crippen LogP contribution in [0.15, 0.2) is 36.8 Å². The molecule has 1 aliphatic heterocycles. The minimum Gasteiger partial charge on any atom is -0.367 e. The summed E-state index contributed by atoms with van der Waals surface area (Å²) in [4.78, 5) is 38.1. The van der Waals surface area contributed by atoms with E-state index in [1.807, 2.05) is 6.07 Å². The molecule has 0 saturated carbocycles. The van der Waals surface area contributed by atoms with Crippen molar-refractivity contribution in [3.8, 4) is 0 Å². The number of piperazine rings is 1. The minimum atomic E-state index is -0.971. The number of hydrogen-bond acceptors (Lipinski definition) is 5. The molecule has 2 amide bonds. The number of pyridine rings is 2. The zero-order chi connectivity index (χ0) is 21.3. The summed E-state index contributed by atoms with van der Waals surface area (Å²) in [5.41, 5.74) is 7.09. The fraction of sp³-hybridized carbons (Fsp3) is 0.200. The van der Waals surface area contributed by atoms with Crippen molar-refractivity contribution in [3.63, 3.8) is 0 Å². The predicted octanol–water partition coefficient (Wildman–Crippen LogP) is 1.70. The Bertz CT molecular complexity index is 1150. The summed E-state index contributed by atoms with van der Waals surface area (Å²) < 4.78 is 26.9. The fourth-order valence-electron chi connectivity index (χ4n) is 3.38. The van der Waals surface area contributed by atoms with Gasteiger partial charge in [-0.3, -0.25) is 9.59 Å². The van der Waals surface area contributed by atoms with Crippen LogP contribution in [0.3, 0.4) is 0 Å². The van der Waals surface area contributed by atoms with Crippen LogP contribution in [0.1, 0.15) is 16.1 Å². The van der Waals surface area contributed by atoms with E-state index in [1.54, 1.807) is 18.5 Å². The van der Waals surface area contributed by atoms with Crippen molar-refractivity contribution in [1.29, 1.82) is 0 Å². The second-order valence-corrected chi connectivity index (χ2v) is 6.83. The van der Waals surface area contributed by atoms with Crippen molar-refractivity contribution in [2.45, 2.75) is 0 Å². The summed E-state index contributed by atoms with van der Waals surface area (Å²) in [6.45, 7) is 1.74. The normalized spacial score (nSPS) is 14.6. The zero-order valence-corrected chi connectivity index (χ0v) is 15.8. The molecule has 10 heteroatoms. The highest BCUT2D eigenvalue weighted by Crippen LogP contribution is 2.25. The number of nitrogens with two attached hydrogens (primary N) is 1. The third-order valence-corrected chi connectivity index (χ3v) is 4.92. The van der Waals surface area contributed by atoms with Crippen LogP contribution in [0.2, 0.25) is 0 Å². The van der Waals surface area contributed by atoms with Crippen molar-refractivity contribution in [2.75, 3.05) is 31.1 Å². The Morgan fingerprint density at radius 2 is 1.87 bits per heavy atom. The van der Waals surface area contributed by atoms with Crippen LogP contribution in [0.5, 0.6) is 0 Å². The van der Waals surface area contributed by atoms with Gasteiger partial charge in [0, 0.05) is 55.5 Å². The van der Waals surface area contributed by atoms with Gasteiger partial charge >= 0.3 is 0 Å². The van der Waals surface area contributed by atoms with Gasteiger partial charge in [-0.1, -0.05) is 0 Å². The van der Waals surface area contributed by atoms with E-state index in [2.05, 4.69) is 19.9 Å². The van der Waals surface area contributed by atoms with Crippen LogP contribution in [-0.4, -0.2) is 57.8 Å². The number of hydrogen-bond donors (Lipinski definition) is 2. The molecule has 1 fully saturated rings. The van der Waals surface area contributed by atoms with E-state index < -0.39 is 23.4 Å². The average Bonchev–Trinajstić information content (AvgIpc) is 3.14. The topological polar surface area (TPSA) is 108 Å². The molecule has 0 atom stereocenters. The van der Waals surface area contributed by atoms with E-state index in [9.17, 15) is 18.4 Å². The summed E-state index contributed by atoms with van der Waals surface area (Å²) in [6.07, 6.45) is 7.19. The largest absolute Gasteiger partial charge is 0.367 e. The first-order chi connectivity index (χ1) is 14.4. The molecule has 8 nitrogen and oxygen atoms in total. The van der Waals surface area contributed by atoms with Gasteiger partial charge in [0.2, 0.25) is 5.91 Å². The van der Waals surface area contributed by atoms with Gasteiger partial charge in [0.15, 0.2) is 11.5 Å². The van der Waals surface area contributed by atoms with E-state index in [4.69, 9.17) is 5.73 Å². The lowest BCUT2D eigenvalue weighted by molar-refractivity contribution is -0.113. The molecule has 3 N–H and O–H groups in total. The van der Waals surface area contributed by atoms with Gasteiger partial charge in [-0.15, -0.1) is 0 Å². The molecule has 0 radical (unpaired) electrons. The van der Waals surface area contributed by atoms with Crippen LogP contribution < -0.4 is 10.6 Å². The molecule has 0 spiro atoms. The molecular weight excluding hydrogens is 394 g/mol. The number of amides is 2. The Morgan fingerprint density at radius 1 is 1.10 bits per heavy atom. The molecule has 30 heavy (non-hydrogen) atoms. The van der Waals surface area contributed by atoms with Crippen molar-refractivity contribution >= 4 is 34.6 Å². The molecule has 0 aromatic carbocycles. The smallest absolute Gasteiger partial charge is 0.275 e. The number of anilines is 1. The molecular formula is C20H18F2N6O2. The number of aromatic amines is 1. The molecule has 4 rings (SSSR count). The standard InChI is InChI=1S/C20H18F2N6O2/c21-13-7-16(22)18(24-10-13)20(30)28-5-3-27(4-6-28)14-8-15-12(1-2-17(23)29)9-25-19(15)26-11-14/h1-2,7-11H,3-6H2,(H2,23,29)(H,25,26)/b2-1+. The van der Waals surface area contributed by atoms with Crippen LogP contribution in [0.25, 0.3) is 17.1 Å². The number of halogens is 2. The third kappa shape index (κ3) is 3.84. The Labute approximate surface area is 170 Å². The van der Waals surface area contributed by atoms with Crippen molar-refractivity contribution in [3.05, 3.63) is 59.7 Å². The summed E-state index contributed by atoms with van der Waals surface area (Å²) in [6, 6.07) is 2.59. The van der Waals surface area contributed by atoms with E-state index in [0.29, 0.717) is 37.9 Å². The van der Waals surface area contributed by atoms with Gasteiger partial charge in [0.25, 0.3) is 5.91 Å². The van der Waals surface area contributed by atoms with E-state index in [-0.39, 0.29) is 5.69 Å². The summed E-state index contributed by atoms with van der Waals surface area (Å²) in [7, 11) is 0. The first kappa shape index (κ1) is 19.5.